The summed E-state index contributed by atoms with van der Waals surface area (Å²) in [6.45, 7) is 8.14. The topological polar surface area (TPSA) is 80.3 Å². The van der Waals surface area contributed by atoms with Gasteiger partial charge in [-0.25, -0.2) is 0 Å². The zero-order chi connectivity index (χ0) is 14.7. The van der Waals surface area contributed by atoms with E-state index in [4.69, 9.17) is 20.4 Å². The van der Waals surface area contributed by atoms with Gasteiger partial charge in [-0.1, -0.05) is 19.0 Å². The zero-order valence-corrected chi connectivity index (χ0v) is 12.7. The summed E-state index contributed by atoms with van der Waals surface area (Å²) >= 11 is 0. The number of nitrogens with zero attached hydrogens (tertiary/aromatic N) is 2. The molecule has 0 aliphatic carbocycles. The molecule has 0 spiro atoms. The van der Waals surface area contributed by atoms with Gasteiger partial charge >= 0.3 is 0 Å². The summed E-state index contributed by atoms with van der Waals surface area (Å²) in [6.07, 6.45) is 1.86. The van der Waals surface area contributed by atoms with E-state index in [1.807, 2.05) is 13.8 Å². The van der Waals surface area contributed by atoms with Crippen LogP contribution in [0.5, 0.6) is 0 Å². The summed E-state index contributed by atoms with van der Waals surface area (Å²) in [5.41, 5.74) is 5.40. The number of ether oxygens (including phenoxy) is 2. The largest absolute Gasteiger partial charge is 0.409 e. The Morgan fingerprint density at radius 1 is 1.16 bits per heavy atom. The van der Waals surface area contributed by atoms with Crippen molar-refractivity contribution in [3.05, 3.63) is 0 Å². The molecule has 0 saturated carbocycles. The van der Waals surface area contributed by atoms with Crippen LogP contribution in [0.25, 0.3) is 0 Å². The van der Waals surface area contributed by atoms with Crippen LogP contribution in [0.1, 0.15) is 26.7 Å². The molecule has 6 nitrogen and oxygen atoms in total. The average Bonchev–Trinajstić information content (AvgIpc) is 2.39. The minimum absolute atomic E-state index is 0.275. The molecular formula is C13H29N3O3. The van der Waals surface area contributed by atoms with Crippen LogP contribution in [0.3, 0.4) is 0 Å². The zero-order valence-electron chi connectivity index (χ0n) is 12.7. The summed E-state index contributed by atoms with van der Waals surface area (Å²) in [7, 11) is 3.41. The van der Waals surface area contributed by atoms with Gasteiger partial charge in [0, 0.05) is 32.7 Å². The molecule has 0 aromatic rings. The fourth-order valence-corrected chi connectivity index (χ4v) is 1.78. The number of rotatable bonds is 11. The third-order valence-corrected chi connectivity index (χ3v) is 3.30. The van der Waals surface area contributed by atoms with Crippen LogP contribution in [0.2, 0.25) is 0 Å². The molecule has 0 unspecified atom stereocenters. The monoisotopic (exact) mass is 275 g/mol. The molecule has 0 bridgehead atoms. The summed E-state index contributed by atoms with van der Waals surface area (Å²) < 4.78 is 10.2. The predicted octanol–water partition coefficient (Wildman–Crippen LogP) is 1.13. The molecule has 19 heavy (non-hydrogen) atoms. The first kappa shape index (κ1) is 18.1. The molecule has 114 valence electrons. The highest BCUT2D eigenvalue weighted by atomic mass is 16.5. The number of hydrogen-bond donors (Lipinski definition) is 2. The van der Waals surface area contributed by atoms with Gasteiger partial charge in [-0.05, 0) is 19.4 Å². The van der Waals surface area contributed by atoms with E-state index in [1.54, 1.807) is 14.2 Å². The summed E-state index contributed by atoms with van der Waals surface area (Å²) in [6, 6.07) is 0. The maximum absolute atomic E-state index is 8.73. The van der Waals surface area contributed by atoms with Gasteiger partial charge in [0.15, 0.2) is 0 Å². The van der Waals surface area contributed by atoms with Crippen molar-refractivity contribution in [3.8, 4) is 0 Å². The molecule has 3 N–H and O–H groups in total. The van der Waals surface area contributed by atoms with Crippen molar-refractivity contribution in [2.45, 2.75) is 26.7 Å². The second-order valence-electron chi connectivity index (χ2n) is 5.30. The van der Waals surface area contributed by atoms with E-state index >= 15 is 0 Å². The van der Waals surface area contributed by atoms with Crippen molar-refractivity contribution in [1.82, 2.24) is 4.90 Å². The molecule has 0 saturated heterocycles. The Labute approximate surface area is 116 Å². The minimum Gasteiger partial charge on any atom is -0.409 e. The SMILES string of the molecule is COCCN(CCCC(C)(C)C(N)=NO)CCOC. The van der Waals surface area contributed by atoms with Crippen LogP contribution >= 0.6 is 0 Å². The van der Waals surface area contributed by atoms with E-state index in [2.05, 4.69) is 10.1 Å². The normalized spacial score (nSPS) is 13.2. The van der Waals surface area contributed by atoms with Crippen molar-refractivity contribution in [2.24, 2.45) is 16.3 Å². The van der Waals surface area contributed by atoms with E-state index in [0.29, 0.717) is 13.2 Å². The molecule has 0 aromatic heterocycles. The highest BCUT2D eigenvalue weighted by Gasteiger charge is 2.23. The van der Waals surface area contributed by atoms with Crippen LogP contribution in [0.4, 0.5) is 0 Å². The van der Waals surface area contributed by atoms with Gasteiger partial charge in [0.2, 0.25) is 0 Å². The number of hydrogen-bond acceptors (Lipinski definition) is 5. The Kier molecular flexibility index (Phi) is 9.55. The Morgan fingerprint density at radius 3 is 2.11 bits per heavy atom. The molecule has 0 amide bonds. The van der Waals surface area contributed by atoms with Gasteiger partial charge < -0.3 is 20.4 Å². The second-order valence-corrected chi connectivity index (χ2v) is 5.30. The number of nitrogens with two attached hydrogens (primary N) is 1. The molecule has 0 aromatic carbocycles. The van der Waals surface area contributed by atoms with Gasteiger partial charge in [-0.2, -0.15) is 0 Å². The number of methoxy groups -OCH3 is 2. The van der Waals surface area contributed by atoms with Crippen LogP contribution in [0.15, 0.2) is 5.16 Å². The van der Waals surface area contributed by atoms with E-state index in [1.165, 1.54) is 0 Å². The highest BCUT2D eigenvalue weighted by molar-refractivity contribution is 5.85. The molecule has 6 heteroatoms. The smallest absolute Gasteiger partial charge is 0.144 e. The summed E-state index contributed by atoms with van der Waals surface area (Å²) in [4.78, 5) is 2.30. The first-order chi connectivity index (χ1) is 8.97. The first-order valence-electron chi connectivity index (χ1n) is 6.66. The Morgan fingerprint density at radius 2 is 1.68 bits per heavy atom. The van der Waals surface area contributed by atoms with Crippen LogP contribution in [0, 0.1) is 5.41 Å². The molecule has 0 fully saturated rings. The van der Waals surface area contributed by atoms with Crippen molar-refractivity contribution >= 4 is 5.84 Å². The van der Waals surface area contributed by atoms with Crippen molar-refractivity contribution < 1.29 is 14.7 Å². The second kappa shape index (κ2) is 10.00. The number of amidine groups is 1. The van der Waals surface area contributed by atoms with Crippen LogP contribution in [-0.2, 0) is 9.47 Å². The fraction of sp³-hybridized carbons (Fsp3) is 0.923. The van der Waals surface area contributed by atoms with Gasteiger partial charge in [-0.3, -0.25) is 4.90 Å². The lowest BCUT2D eigenvalue weighted by molar-refractivity contribution is 0.112. The average molecular weight is 275 g/mol. The lowest BCUT2D eigenvalue weighted by atomic mass is 9.86. The summed E-state index contributed by atoms with van der Waals surface area (Å²) in [5.74, 6) is 0.285. The van der Waals surface area contributed by atoms with Crippen molar-refractivity contribution in [1.29, 1.82) is 0 Å². The molecule has 0 atom stereocenters. The third kappa shape index (κ3) is 8.02. The standard InChI is InChI=1S/C13H29N3O3/c1-13(2,12(14)15-17)6-5-7-16(8-10-18-3)9-11-19-4/h17H,5-11H2,1-4H3,(H2,14,15). The van der Waals surface area contributed by atoms with E-state index in [9.17, 15) is 0 Å². The summed E-state index contributed by atoms with van der Waals surface area (Å²) in [5, 5.41) is 11.8. The first-order valence-corrected chi connectivity index (χ1v) is 6.66. The minimum atomic E-state index is -0.275. The van der Waals surface area contributed by atoms with Crippen molar-refractivity contribution in [2.75, 3.05) is 47.1 Å². The van der Waals surface area contributed by atoms with E-state index in [0.717, 1.165) is 32.5 Å². The predicted molar refractivity (Wildman–Crippen MR) is 76.6 cm³/mol. The molecule has 0 rings (SSSR count). The lowest BCUT2D eigenvalue weighted by Gasteiger charge is -2.26. The van der Waals surface area contributed by atoms with Gasteiger partial charge in [0.1, 0.15) is 5.84 Å². The Bertz CT molecular complexity index is 250. The van der Waals surface area contributed by atoms with Gasteiger partial charge in [0.05, 0.1) is 13.2 Å². The number of oxime groups is 1. The Hall–Kier alpha value is -0.850. The quantitative estimate of drug-likeness (QED) is 0.256. The fourth-order valence-electron chi connectivity index (χ4n) is 1.78. The highest BCUT2D eigenvalue weighted by Crippen LogP contribution is 2.22. The molecular weight excluding hydrogens is 246 g/mol. The van der Waals surface area contributed by atoms with Crippen LogP contribution in [-0.4, -0.2) is 63.0 Å². The molecule has 0 aliphatic heterocycles. The molecule has 0 heterocycles. The van der Waals surface area contributed by atoms with Crippen molar-refractivity contribution in [3.63, 3.8) is 0 Å². The maximum Gasteiger partial charge on any atom is 0.144 e. The van der Waals surface area contributed by atoms with Crippen LogP contribution < -0.4 is 5.73 Å². The molecule has 0 aliphatic rings. The van der Waals surface area contributed by atoms with Gasteiger partial charge in [-0.15, -0.1) is 0 Å². The van der Waals surface area contributed by atoms with Gasteiger partial charge in [0.25, 0.3) is 0 Å². The molecule has 0 radical (unpaired) electrons. The Balaban J connectivity index is 4.09. The maximum atomic E-state index is 8.73. The third-order valence-electron chi connectivity index (χ3n) is 3.30. The lowest BCUT2D eigenvalue weighted by Crippen LogP contribution is -2.35. The van der Waals surface area contributed by atoms with E-state index < -0.39 is 0 Å². The van der Waals surface area contributed by atoms with E-state index in [-0.39, 0.29) is 11.3 Å².